The fourth-order valence-corrected chi connectivity index (χ4v) is 3.52. The normalized spacial score (nSPS) is 11.7. The van der Waals surface area contributed by atoms with Crippen molar-refractivity contribution in [3.63, 3.8) is 0 Å². The smallest absolute Gasteiger partial charge is 0.215 e. The highest BCUT2D eigenvalue weighted by molar-refractivity contribution is 7.98. The maximum absolute atomic E-state index is 11.9. The molecule has 0 fully saturated rings. The first kappa shape index (κ1) is 17.3. The maximum atomic E-state index is 11.9. The second kappa shape index (κ2) is 9.26. The number of anilines is 1. The van der Waals surface area contributed by atoms with Crippen LogP contribution < -0.4 is 10.5 Å². The van der Waals surface area contributed by atoms with Gasteiger partial charge in [0.2, 0.25) is 10.0 Å². The predicted octanol–water partition coefficient (Wildman–Crippen LogP) is 2.61. The molecule has 3 N–H and O–H groups in total. The van der Waals surface area contributed by atoms with Crippen molar-refractivity contribution in [2.75, 3.05) is 24.3 Å². The Labute approximate surface area is 126 Å². The van der Waals surface area contributed by atoms with E-state index in [9.17, 15) is 8.42 Å². The van der Waals surface area contributed by atoms with Crippen molar-refractivity contribution in [2.45, 2.75) is 31.4 Å². The van der Waals surface area contributed by atoms with E-state index < -0.39 is 10.0 Å². The first-order valence-corrected chi connectivity index (χ1v) is 9.89. The summed E-state index contributed by atoms with van der Waals surface area (Å²) in [5.74, 6) is 1.20. The van der Waals surface area contributed by atoms with Gasteiger partial charge in [0.05, 0.1) is 5.75 Å². The first-order valence-electron chi connectivity index (χ1n) is 6.84. The maximum Gasteiger partial charge on any atom is 0.215 e. The number of sulfonamides is 1. The molecule has 20 heavy (non-hydrogen) atoms. The molecule has 0 aromatic heterocycles. The Morgan fingerprint density at radius 3 is 2.40 bits per heavy atom. The zero-order valence-electron chi connectivity index (χ0n) is 12.0. The molecule has 0 unspecified atom stereocenters. The van der Waals surface area contributed by atoms with E-state index in [1.807, 2.05) is 11.8 Å². The van der Waals surface area contributed by atoms with Gasteiger partial charge in [-0.3, -0.25) is 0 Å². The topological polar surface area (TPSA) is 72.2 Å². The summed E-state index contributed by atoms with van der Waals surface area (Å²) in [5, 5.41) is 0. The number of nitrogen functional groups attached to an aromatic ring is 1. The lowest BCUT2D eigenvalue weighted by Gasteiger charge is -2.07. The summed E-state index contributed by atoms with van der Waals surface area (Å²) in [6.45, 7) is 0.524. The fourth-order valence-electron chi connectivity index (χ4n) is 1.84. The molecule has 1 rings (SSSR count). The van der Waals surface area contributed by atoms with Crippen LogP contribution in [0.25, 0.3) is 0 Å². The minimum absolute atomic E-state index is 0.0136. The van der Waals surface area contributed by atoms with Crippen LogP contribution in [0.4, 0.5) is 5.69 Å². The molecule has 0 bridgehead atoms. The summed E-state index contributed by atoms with van der Waals surface area (Å²) in [4.78, 5) is 0. The number of benzene rings is 1. The van der Waals surface area contributed by atoms with Crippen LogP contribution in [0.5, 0.6) is 0 Å². The standard InChI is InChI=1S/C14H24N2O2S2/c1-19-11-5-3-2-4-10-16-20(17,18)12-13-6-8-14(15)9-7-13/h6-9,16H,2-5,10-12,15H2,1H3. The van der Waals surface area contributed by atoms with Gasteiger partial charge in [-0.15, -0.1) is 0 Å². The van der Waals surface area contributed by atoms with E-state index in [0.29, 0.717) is 12.2 Å². The molecule has 114 valence electrons. The number of hydrogen-bond donors (Lipinski definition) is 2. The van der Waals surface area contributed by atoms with Gasteiger partial charge in [-0.05, 0) is 42.5 Å². The molecule has 0 saturated carbocycles. The number of nitrogens with two attached hydrogens (primary N) is 1. The Balaban J connectivity index is 2.23. The van der Waals surface area contributed by atoms with Crippen LogP contribution in [0.15, 0.2) is 24.3 Å². The molecule has 0 saturated heterocycles. The summed E-state index contributed by atoms with van der Waals surface area (Å²) in [7, 11) is -3.24. The molecule has 0 aliphatic heterocycles. The van der Waals surface area contributed by atoms with E-state index in [0.717, 1.165) is 18.4 Å². The van der Waals surface area contributed by atoms with Crippen LogP contribution in [0, 0.1) is 0 Å². The monoisotopic (exact) mass is 316 g/mol. The summed E-state index contributed by atoms with van der Waals surface area (Å²) in [6, 6.07) is 6.93. The third-order valence-electron chi connectivity index (χ3n) is 2.93. The molecule has 0 heterocycles. The van der Waals surface area contributed by atoms with Crippen LogP contribution in [0.3, 0.4) is 0 Å². The second-order valence-electron chi connectivity index (χ2n) is 4.80. The Bertz CT molecular complexity index is 472. The summed E-state index contributed by atoms with van der Waals surface area (Å²) in [6.07, 6.45) is 6.45. The van der Waals surface area contributed by atoms with Gasteiger partial charge >= 0.3 is 0 Å². The first-order chi connectivity index (χ1) is 9.53. The molecule has 0 amide bonds. The lowest BCUT2D eigenvalue weighted by Crippen LogP contribution is -2.26. The largest absolute Gasteiger partial charge is 0.399 e. The lowest BCUT2D eigenvalue weighted by molar-refractivity contribution is 0.573. The zero-order chi connectivity index (χ0) is 14.8. The third-order valence-corrected chi connectivity index (χ3v) is 4.99. The van der Waals surface area contributed by atoms with Crippen LogP contribution in [-0.2, 0) is 15.8 Å². The van der Waals surface area contributed by atoms with Crippen molar-refractivity contribution >= 4 is 27.5 Å². The highest BCUT2D eigenvalue weighted by atomic mass is 32.2. The van der Waals surface area contributed by atoms with Crippen LogP contribution in [0.1, 0.15) is 31.2 Å². The second-order valence-corrected chi connectivity index (χ2v) is 7.59. The Morgan fingerprint density at radius 2 is 1.75 bits per heavy atom. The van der Waals surface area contributed by atoms with E-state index in [1.165, 1.54) is 18.6 Å². The highest BCUT2D eigenvalue weighted by Gasteiger charge is 2.10. The van der Waals surface area contributed by atoms with E-state index in [4.69, 9.17) is 5.73 Å². The molecule has 4 nitrogen and oxygen atoms in total. The SMILES string of the molecule is CSCCCCCCNS(=O)(=O)Cc1ccc(N)cc1. The molecular weight excluding hydrogens is 292 g/mol. The number of thioether (sulfide) groups is 1. The summed E-state index contributed by atoms with van der Waals surface area (Å²) >= 11 is 1.85. The van der Waals surface area contributed by atoms with E-state index in [2.05, 4.69) is 11.0 Å². The zero-order valence-corrected chi connectivity index (χ0v) is 13.6. The molecule has 0 aliphatic rings. The van der Waals surface area contributed by atoms with Crippen LogP contribution in [-0.4, -0.2) is 27.0 Å². The minimum Gasteiger partial charge on any atom is -0.399 e. The van der Waals surface area contributed by atoms with Crippen LogP contribution in [0.2, 0.25) is 0 Å². The Hall–Kier alpha value is -0.720. The van der Waals surface area contributed by atoms with E-state index >= 15 is 0 Å². The quantitative estimate of drug-likeness (QED) is 0.514. The van der Waals surface area contributed by atoms with E-state index in [1.54, 1.807) is 24.3 Å². The van der Waals surface area contributed by atoms with Crippen molar-refractivity contribution in [3.8, 4) is 0 Å². The molecule has 0 spiro atoms. The number of nitrogens with one attached hydrogen (secondary N) is 1. The third kappa shape index (κ3) is 7.77. The Morgan fingerprint density at radius 1 is 1.10 bits per heavy atom. The van der Waals surface area contributed by atoms with Crippen molar-refractivity contribution < 1.29 is 8.42 Å². The molecule has 0 radical (unpaired) electrons. The predicted molar refractivity (Wildman–Crippen MR) is 88.3 cm³/mol. The molecule has 0 aliphatic carbocycles. The average molecular weight is 316 g/mol. The van der Waals surface area contributed by atoms with E-state index in [-0.39, 0.29) is 5.75 Å². The molecular formula is C14H24N2O2S2. The number of unbranched alkanes of at least 4 members (excludes halogenated alkanes) is 3. The lowest BCUT2D eigenvalue weighted by atomic mass is 10.2. The van der Waals surface area contributed by atoms with Gasteiger partial charge in [-0.25, -0.2) is 13.1 Å². The van der Waals surface area contributed by atoms with Gasteiger partial charge in [-0.1, -0.05) is 25.0 Å². The molecule has 6 heteroatoms. The van der Waals surface area contributed by atoms with Crippen molar-refractivity contribution in [1.29, 1.82) is 0 Å². The number of hydrogen-bond acceptors (Lipinski definition) is 4. The highest BCUT2D eigenvalue weighted by Crippen LogP contribution is 2.09. The van der Waals surface area contributed by atoms with Gasteiger partial charge in [-0.2, -0.15) is 11.8 Å². The van der Waals surface area contributed by atoms with Crippen LogP contribution >= 0.6 is 11.8 Å². The van der Waals surface area contributed by atoms with Gasteiger partial charge < -0.3 is 5.73 Å². The molecule has 1 aromatic carbocycles. The Kier molecular flexibility index (Phi) is 8.02. The summed E-state index contributed by atoms with van der Waals surface area (Å²) in [5.41, 5.74) is 6.97. The molecule has 1 aromatic rings. The van der Waals surface area contributed by atoms with Gasteiger partial charge in [0.1, 0.15) is 0 Å². The van der Waals surface area contributed by atoms with Crippen molar-refractivity contribution in [1.82, 2.24) is 4.72 Å². The minimum atomic E-state index is -3.24. The van der Waals surface area contributed by atoms with Gasteiger partial charge in [0, 0.05) is 12.2 Å². The van der Waals surface area contributed by atoms with Crippen molar-refractivity contribution in [2.24, 2.45) is 0 Å². The van der Waals surface area contributed by atoms with Gasteiger partial charge in [0.15, 0.2) is 0 Å². The average Bonchev–Trinajstić information content (AvgIpc) is 2.40. The fraction of sp³-hybridized carbons (Fsp3) is 0.571. The van der Waals surface area contributed by atoms with Crippen molar-refractivity contribution in [3.05, 3.63) is 29.8 Å². The van der Waals surface area contributed by atoms with Gasteiger partial charge in [0.25, 0.3) is 0 Å². The summed E-state index contributed by atoms with van der Waals surface area (Å²) < 4.78 is 26.4. The number of rotatable bonds is 10. The molecule has 0 atom stereocenters.